The summed E-state index contributed by atoms with van der Waals surface area (Å²) in [6.07, 6.45) is 1.22. The zero-order chi connectivity index (χ0) is 14.0. The third-order valence-corrected chi connectivity index (χ3v) is 2.70. The van der Waals surface area contributed by atoms with Crippen LogP contribution < -0.4 is 22.1 Å². The summed E-state index contributed by atoms with van der Waals surface area (Å²) < 4.78 is 2.86. The van der Waals surface area contributed by atoms with Crippen LogP contribution in [0.4, 0.5) is 5.95 Å². The summed E-state index contributed by atoms with van der Waals surface area (Å²) in [7, 11) is 1.51. The Labute approximate surface area is 107 Å². The molecule has 0 saturated carbocycles. The predicted molar refractivity (Wildman–Crippen MR) is 68.7 cm³/mol. The molecule has 0 spiro atoms. The van der Waals surface area contributed by atoms with Gasteiger partial charge in [-0.25, -0.2) is 4.79 Å². The summed E-state index contributed by atoms with van der Waals surface area (Å²) in [6, 6.07) is 0. The van der Waals surface area contributed by atoms with E-state index in [1.807, 2.05) is 6.92 Å². The zero-order valence-corrected chi connectivity index (χ0v) is 10.6. The van der Waals surface area contributed by atoms with Gasteiger partial charge in [0, 0.05) is 13.6 Å². The van der Waals surface area contributed by atoms with Crippen LogP contribution in [0, 0.1) is 0 Å². The van der Waals surface area contributed by atoms with Crippen LogP contribution in [-0.4, -0.2) is 25.5 Å². The first-order chi connectivity index (χ1) is 9.10. The standard InChI is InChI=1S/C10H14N6O3/c1-3-4-16-6-7(12-9(16)14-11-5-17)15(2)10(19)13-8(6)18/h5H,3-4H2,1-2H3,(H,11,17)(H,12,14)(H,13,18,19). The topological polar surface area (TPSA) is 114 Å². The van der Waals surface area contributed by atoms with Gasteiger partial charge >= 0.3 is 5.69 Å². The second-order valence-electron chi connectivity index (χ2n) is 3.96. The molecular formula is C10H14N6O3. The van der Waals surface area contributed by atoms with E-state index in [1.165, 1.54) is 11.6 Å². The molecule has 3 N–H and O–H groups in total. The number of aryl methyl sites for hydroxylation is 2. The van der Waals surface area contributed by atoms with Crippen LogP contribution in [-0.2, 0) is 18.4 Å². The van der Waals surface area contributed by atoms with Crippen LogP contribution in [0.25, 0.3) is 11.2 Å². The Morgan fingerprint density at radius 2 is 2.16 bits per heavy atom. The van der Waals surface area contributed by atoms with Crippen LogP contribution in [0.3, 0.4) is 0 Å². The Hall–Kier alpha value is -2.58. The minimum atomic E-state index is -0.534. The van der Waals surface area contributed by atoms with E-state index >= 15 is 0 Å². The average Bonchev–Trinajstić information content (AvgIpc) is 2.74. The van der Waals surface area contributed by atoms with Gasteiger partial charge in [-0.3, -0.25) is 30.0 Å². The molecule has 9 heteroatoms. The number of anilines is 1. The summed E-state index contributed by atoms with van der Waals surface area (Å²) in [5.41, 5.74) is 4.36. The Kier molecular flexibility index (Phi) is 3.36. The number of hydrazine groups is 1. The maximum atomic E-state index is 11.9. The maximum absolute atomic E-state index is 11.9. The van der Waals surface area contributed by atoms with Gasteiger partial charge in [-0.05, 0) is 6.42 Å². The Balaban J connectivity index is 2.76. The van der Waals surface area contributed by atoms with E-state index in [9.17, 15) is 14.4 Å². The maximum Gasteiger partial charge on any atom is 0.329 e. The number of nitrogens with zero attached hydrogens (tertiary/aromatic N) is 3. The summed E-state index contributed by atoms with van der Waals surface area (Å²) in [5, 5.41) is 0. The Bertz CT molecular complexity index is 725. The summed E-state index contributed by atoms with van der Waals surface area (Å²) in [6.45, 7) is 2.47. The molecule has 0 saturated heterocycles. The van der Waals surface area contributed by atoms with E-state index in [0.29, 0.717) is 24.4 Å². The number of aromatic nitrogens is 4. The number of hydrogen-bond acceptors (Lipinski definition) is 5. The van der Waals surface area contributed by atoms with Crippen molar-refractivity contribution < 1.29 is 4.79 Å². The summed E-state index contributed by atoms with van der Waals surface area (Å²) in [4.78, 5) is 40.1. The first-order valence-corrected chi connectivity index (χ1v) is 5.74. The molecule has 0 atom stereocenters. The minimum Gasteiger partial charge on any atom is -0.303 e. The average molecular weight is 266 g/mol. The number of fused-ring (bicyclic) bond motifs is 1. The number of rotatable bonds is 5. The number of hydrogen-bond donors (Lipinski definition) is 3. The second-order valence-corrected chi connectivity index (χ2v) is 3.96. The van der Waals surface area contributed by atoms with E-state index in [1.54, 1.807) is 4.57 Å². The molecule has 102 valence electrons. The zero-order valence-electron chi connectivity index (χ0n) is 10.6. The van der Waals surface area contributed by atoms with Crippen LogP contribution >= 0.6 is 0 Å². The molecule has 0 aliphatic rings. The van der Waals surface area contributed by atoms with Crippen molar-refractivity contribution in [1.29, 1.82) is 0 Å². The molecule has 0 aromatic carbocycles. The highest BCUT2D eigenvalue weighted by atomic mass is 16.2. The van der Waals surface area contributed by atoms with Gasteiger partial charge in [0.25, 0.3) is 5.56 Å². The molecule has 2 aromatic rings. The number of amides is 1. The lowest BCUT2D eigenvalue weighted by Crippen LogP contribution is -2.29. The quantitative estimate of drug-likeness (QED) is 0.470. The van der Waals surface area contributed by atoms with Gasteiger partial charge in [0.15, 0.2) is 11.2 Å². The smallest absolute Gasteiger partial charge is 0.303 e. The van der Waals surface area contributed by atoms with E-state index in [4.69, 9.17) is 0 Å². The normalized spacial score (nSPS) is 10.6. The summed E-state index contributed by atoms with van der Waals surface area (Å²) in [5.74, 6) is 0.302. The van der Waals surface area contributed by atoms with Crippen LogP contribution in [0.1, 0.15) is 13.3 Å². The van der Waals surface area contributed by atoms with Gasteiger partial charge < -0.3 is 4.57 Å². The number of carbonyl (C=O) groups is 1. The highest BCUT2D eigenvalue weighted by molar-refractivity contribution is 5.74. The van der Waals surface area contributed by atoms with Crippen molar-refractivity contribution in [3.8, 4) is 0 Å². The molecule has 2 rings (SSSR count). The molecule has 0 fully saturated rings. The second kappa shape index (κ2) is 4.96. The van der Waals surface area contributed by atoms with Gasteiger partial charge in [-0.15, -0.1) is 0 Å². The van der Waals surface area contributed by atoms with Gasteiger partial charge in [0.2, 0.25) is 12.4 Å². The first-order valence-electron chi connectivity index (χ1n) is 5.74. The van der Waals surface area contributed by atoms with Gasteiger partial charge in [-0.1, -0.05) is 6.92 Å². The van der Waals surface area contributed by atoms with Crippen molar-refractivity contribution in [1.82, 2.24) is 24.5 Å². The number of aromatic amines is 1. The monoisotopic (exact) mass is 266 g/mol. The fourth-order valence-corrected chi connectivity index (χ4v) is 1.87. The molecule has 9 nitrogen and oxygen atoms in total. The minimum absolute atomic E-state index is 0.261. The molecule has 0 radical (unpaired) electrons. The van der Waals surface area contributed by atoms with E-state index < -0.39 is 11.2 Å². The SMILES string of the molecule is CCCn1c(NNC=O)nc2c1c(=O)[nH]c(=O)n2C. The van der Waals surface area contributed by atoms with Gasteiger partial charge in [-0.2, -0.15) is 4.98 Å². The molecular weight excluding hydrogens is 252 g/mol. The fraction of sp³-hybridized carbons (Fsp3) is 0.400. The third-order valence-electron chi connectivity index (χ3n) is 2.70. The van der Waals surface area contributed by atoms with Crippen molar-refractivity contribution in [3.05, 3.63) is 20.8 Å². The molecule has 0 aliphatic carbocycles. The number of imidazole rings is 1. The van der Waals surface area contributed by atoms with Crippen molar-refractivity contribution in [3.63, 3.8) is 0 Å². The van der Waals surface area contributed by atoms with E-state index in [0.717, 1.165) is 6.42 Å². The highest BCUT2D eigenvalue weighted by Crippen LogP contribution is 2.14. The molecule has 1 amide bonds. The van der Waals surface area contributed by atoms with Crippen molar-refractivity contribution in [2.75, 3.05) is 5.43 Å². The van der Waals surface area contributed by atoms with Crippen molar-refractivity contribution in [2.24, 2.45) is 7.05 Å². The Morgan fingerprint density at radius 3 is 2.79 bits per heavy atom. The van der Waals surface area contributed by atoms with Gasteiger partial charge in [0.1, 0.15) is 0 Å². The van der Waals surface area contributed by atoms with Crippen LogP contribution in [0.5, 0.6) is 0 Å². The molecule has 19 heavy (non-hydrogen) atoms. The molecule has 2 aromatic heterocycles. The molecule has 0 aliphatic heterocycles. The number of nitrogens with one attached hydrogen (secondary N) is 3. The summed E-state index contributed by atoms with van der Waals surface area (Å²) >= 11 is 0. The third kappa shape index (κ3) is 2.09. The lowest BCUT2D eigenvalue weighted by molar-refractivity contribution is -0.109. The van der Waals surface area contributed by atoms with Crippen molar-refractivity contribution in [2.45, 2.75) is 19.9 Å². The number of carbonyl (C=O) groups excluding carboxylic acids is 1. The number of H-pyrrole nitrogens is 1. The van der Waals surface area contributed by atoms with Crippen molar-refractivity contribution >= 4 is 23.5 Å². The molecule has 0 unspecified atom stereocenters. The largest absolute Gasteiger partial charge is 0.329 e. The highest BCUT2D eigenvalue weighted by Gasteiger charge is 2.16. The van der Waals surface area contributed by atoms with Crippen LogP contribution in [0.2, 0.25) is 0 Å². The lowest BCUT2D eigenvalue weighted by atomic mass is 10.4. The fourth-order valence-electron chi connectivity index (χ4n) is 1.87. The lowest BCUT2D eigenvalue weighted by Gasteiger charge is -2.07. The van der Waals surface area contributed by atoms with Gasteiger partial charge in [0.05, 0.1) is 0 Å². The first kappa shape index (κ1) is 12.9. The Morgan fingerprint density at radius 1 is 1.42 bits per heavy atom. The molecule has 0 bridgehead atoms. The van der Waals surface area contributed by atoms with E-state index in [2.05, 4.69) is 20.8 Å². The van der Waals surface area contributed by atoms with Crippen LogP contribution in [0.15, 0.2) is 9.59 Å². The molecule has 2 heterocycles. The predicted octanol–water partition coefficient (Wildman–Crippen LogP) is -1.09. The van der Waals surface area contributed by atoms with E-state index in [-0.39, 0.29) is 5.65 Å².